The lowest BCUT2D eigenvalue weighted by Gasteiger charge is -2.38. The second-order valence-electron chi connectivity index (χ2n) is 10.3. The molecular weight excluding hydrogens is 472 g/mol. The number of fused-ring (bicyclic) bond motifs is 1. The molecule has 7 heteroatoms. The zero-order chi connectivity index (χ0) is 26.3. The summed E-state index contributed by atoms with van der Waals surface area (Å²) in [5.74, 6) is 0.622. The van der Waals surface area contributed by atoms with Gasteiger partial charge in [0.15, 0.2) is 0 Å². The van der Waals surface area contributed by atoms with Crippen LogP contribution >= 0.6 is 0 Å². The maximum absolute atomic E-state index is 13.2. The SMILES string of the molecule is Cc1ccc2c(c1)C(NC(=O)c1ccc(CN(c3c(C)cccc3C)S(C)(=O)=O)cc1)CC(C)(C)O2. The van der Waals surface area contributed by atoms with E-state index in [0.717, 1.165) is 33.6 Å². The van der Waals surface area contributed by atoms with Gasteiger partial charge in [0, 0.05) is 17.5 Å². The van der Waals surface area contributed by atoms with Gasteiger partial charge >= 0.3 is 0 Å². The number of nitrogens with zero attached hydrogens (tertiary/aromatic N) is 1. The first-order valence-electron chi connectivity index (χ1n) is 12.1. The first kappa shape index (κ1) is 25.8. The van der Waals surface area contributed by atoms with Gasteiger partial charge in [0.05, 0.1) is 24.5 Å². The van der Waals surface area contributed by atoms with Crippen molar-refractivity contribution < 1.29 is 17.9 Å². The van der Waals surface area contributed by atoms with Gasteiger partial charge in [-0.2, -0.15) is 0 Å². The van der Waals surface area contributed by atoms with Gasteiger partial charge in [-0.05, 0) is 69.5 Å². The number of carbonyl (C=O) groups excluding carboxylic acids is 1. The summed E-state index contributed by atoms with van der Waals surface area (Å²) in [4.78, 5) is 13.2. The zero-order valence-corrected chi connectivity index (χ0v) is 22.6. The number of nitrogens with one attached hydrogen (secondary N) is 1. The van der Waals surface area contributed by atoms with Crippen LogP contribution in [0.4, 0.5) is 5.69 Å². The summed E-state index contributed by atoms with van der Waals surface area (Å²) in [5.41, 5.74) is 5.50. The first-order chi connectivity index (χ1) is 16.8. The molecular formula is C29H34N2O4S. The van der Waals surface area contributed by atoms with Crippen molar-refractivity contribution in [3.63, 3.8) is 0 Å². The quantitative estimate of drug-likeness (QED) is 0.472. The summed E-state index contributed by atoms with van der Waals surface area (Å²) in [7, 11) is -3.51. The number of hydrogen-bond acceptors (Lipinski definition) is 4. The van der Waals surface area contributed by atoms with Gasteiger partial charge in [0.25, 0.3) is 5.91 Å². The number of amides is 1. The van der Waals surface area contributed by atoms with E-state index >= 15 is 0 Å². The maximum atomic E-state index is 13.2. The third-order valence-corrected chi connectivity index (χ3v) is 7.67. The van der Waals surface area contributed by atoms with Gasteiger partial charge in [-0.15, -0.1) is 0 Å². The molecule has 6 nitrogen and oxygen atoms in total. The maximum Gasteiger partial charge on any atom is 0.251 e. The molecule has 1 amide bonds. The van der Waals surface area contributed by atoms with Crippen LogP contribution in [0.25, 0.3) is 0 Å². The fraction of sp³-hybridized carbons (Fsp3) is 0.345. The summed E-state index contributed by atoms with van der Waals surface area (Å²) in [6.07, 6.45) is 1.88. The molecule has 0 aliphatic carbocycles. The number of anilines is 1. The number of carbonyl (C=O) groups is 1. The average molecular weight is 507 g/mol. The molecule has 3 aromatic rings. The van der Waals surface area contributed by atoms with E-state index in [-0.39, 0.29) is 18.5 Å². The summed E-state index contributed by atoms with van der Waals surface area (Å²) in [5, 5.41) is 3.17. The number of aryl methyl sites for hydroxylation is 3. The third kappa shape index (κ3) is 5.57. The molecule has 0 spiro atoms. The van der Waals surface area contributed by atoms with Crippen LogP contribution in [-0.4, -0.2) is 26.2 Å². The Labute approximate surface area is 214 Å². The lowest BCUT2D eigenvalue weighted by molar-refractivity contribution is 0.0619. The summed E-state index contributed by atoms with van der Waals surface area (Å²) in [6.45, 7) is 10.1. The van der Waals surface area contributed by atoms with Crippen molar-refractivity contribution in [1.29, 1.82) is 0 Å². The molecule has 1 atom stereocenters. The number of sulfonamides is 1. The Morgan fingerprint density at radius 3 is 2.28 bits per heavy atom. The van der Waals surface area contributed by atoms with Crippen molar-refractivity contribution in [1.82, 2.24) is 5.32 Å². The second-order valence-corrected chi connectivity index (χ2v) is 12.2. The van der Waals surface area contributed by atoms with Gasteiger partial charge in [0.1, 0.15) is 11.4 Å². The molecule has 1 aliphatic rings. The number of ether oxygens (including phenoxy) is 1. The highest BCUT2D eigenvalue weighted by molar-refractivity contribution is 7.92. The molecule has 190 valence electrons. The monoisotopic (exact) mass is 506 g/mol. The van der Waals surface area contributed by atoms with Crippen molar-refractivity contribution in [2.45, 2.75) is 59.2 Å². The van der Waals surface area contributed by atoms with Crippen LogP contribution in [0, 0.1) is 20.8 Å². The lowest BCUT2D eigenvalue weighted by atomic mass is 9.88. The van der Waals surface area contributed by atoms with Crippen molar-refractivity contribution >= 4 is 21.6 Å². The van der Waals surface area contributed by atoms with Crippen LogP contribution in [-0.2, 0) is 16.6 Å². The van der Waals surface area contributed by atoms with E-state index in [1.807, 2.05) is 77.1 Å². The molecule has 0 aromatic heterocycles. The molecule has 36 heavy (non-hydrogen) atoms. The van der Waals surface area contributed by atoms with E-state index in [1.165, 1.54) is 10.6 Å². The highest BCUT2D eigenvalue weighted by atomic mass is 32.2. The Bertz CT molecular complexity index is 1380. The van der Waals surface area contributed by atoms with Crippen LogP contribution in [0.15, 0.2) is 60.7 Å². The van der Waals surface area contributed by atoms with Gasteiger partial charge in [0.2, 0.25) is 10.0 Å². The Morgan fingerprint density at radius 1 is 1.03 bits per heavy atom. The fourth-order valence-corrected chi connectivity index (χ4v) is 5.84. The van der Waals surface area contributed by atoms with Gasteiger partial charge in [-0.25, -0.2) is 8.42 Å². The minimum absolute atomic E-state index is 0.166. The van der Waals surface area contributed by atoms with Crippen LogP contribution in [0.3, 0.4) is 0 Å². The average Bonchev–Trinajstić information content (AvgIpc) is 2.78. The van der Waals surface area contributed by atoms with Crippen molar-refractivity contribution in [2.24, 2.45) is 0 Å². The Balaban J connectivity index is 1.55. The number of para-hydroxylation sites is 1. The predicted molar refractivity (Wildman–Crippen MR) is 144 cm³/mol. The molecule has 4 rings (SSSR count). The van der Waals surface area contributed by atoms with E-state index in [2.05, 4.69) is 11.4 Å². The van der Waals surface area contributed by atoms with Gasteiger partial charge in [-0.1, -0.05) is 48.0 Å². The molecule has 1 heterocycles. The van der Waals surface area contributed by atoms with Crippen molar-refractivity contribution in [2.75, 3.05) is 10.6 Å². The van der Waals surface area contributed by atoms with Crippen LogP contribution in [0.1, 0.15) is 64.5 Å². The van der Waals surface area contributed by atoms with Gasteiger partial charge < -0.3 is 10.1 Å². The largest absolute Gasteiger partial charge is 0.487 e. The fourth-order valence-electron chi connectivity index (χ4n) is 4.83. The number of benzene rings is 3. The zero-order valence-electron chi connectivity index (χ0n) is 21.8. The number of rotatable bonds is 6. The summed E-state index contributed by atoms with van der Waals surface area (Å²) >= 11 is 0. The van der Waals surface area contributed by atoms with Crippen molar-refractivity contribution in [3.8, 4) is 5.75 Å². The Hall–Kier alpha value is -3.32. The molecule has 0 saturated carbocycles. The van der Waals surface area contributed by atoms with E-state index < -0.39 is 15.6 Å². The van der Waals surface area contributed by atoms with Crippen LogP contribution in [0.2, 0.25) is 0 Å². The molecule has 1 unspecified atom stereocenters. The molecule has 0 radical (unpaired) electrons. The number of hydrogen-bond donors (Lipinski definition) is 1. The lowest BCUT2D eigenvalue weighted by Crippen LogP contribution is -2.41. The van der Waals surface area contributed by atoms with E-state index in [9.17, 15) is 13.2 Å². The second kappa shape index (κ2) is 9.62. The van der Waals surface area contributed by atoms with Gasteiger partial charge in [-0.3, -0.25) is 9.10 Å². The van der Waals surface area contributed by atoms with E-state index in [4.69, 9.17) is 4.74 Å². The topological polar surface area (TPSA) is 75.7 Å². The predicted octanol–water partition coefficient (Wildman–Crippen LogP) is 5.61. The van der Waals surface area contributed by atoms with E-state index in [1.54, 1.807) is 12.1 Å². The van der Waals surface area contributed by atoms with Crippen molar-refractivity contribution in [3.05, 3.63) is 94.0 Å². The van der Waals surface area contributed by atoms with Crippen LogP contribution in [0.5, 0.6) is 5.75 Å². The minimum atomic E-state index is -3.51. The Morgan fingerprint density at radius 2 is 1.67 bits per heavy atom. The van der Waals surface area contributed by atoms with E-state index in [0.29, 0.717) is 17.7 Å². The normalized spacial score (nSPS) is 16.6. The Kier molecular flexibility index (Phi) is 6.88. The highest BCUT2D eigenvalue weighted by Crippen LogP contribution is 2.40. The molecule has 3 aromatic carbocycles. The highest BCUT2D eigenvalue weighted by Gasteiger charge is 2.34. The minimum Gasteiger partial charge on any atom is -0.487 e. The van der Waals surface area contributed by atoms with Crippen LogP contribution < -0.4 is 14.4 Å². The molecule has 0 saturated heterocycles. The summed E-state index contributed by atoms with van der Waals surface area (Å²) < 4.78 is 32.9. The third-order valence-electron chi connectivity index (χ3n) is 6.56. The standard InChI is InChI=1S/C29H34N2O4S/c1-19-10-15-26-24(16-19)25(17-29(4,5)35-26)30-28(32)23-13-11-22(12-14-23)18-31(36(6,33)34)27-20(2)8-7-9-21(27)3/h7-16,25H,17-18H2,1-6H3,(H,30,32). The molecule has 1 aliphatic heterocycles. The molecule has 0 fully saturated rings. The first-order valence-corrected chi connectivity index (χ1v) is 13.9. The smallest absolute Gasteiger partial charge is 0.251 e. The summed E-state index contributed by atoms with van der Waals surface area (Å²) in [6, 6.07) is 18.7. The molecule has 1 N–H and O–H groups in total. The molecule has 0 bridgehead atoms.